The Morgan fingerprint density at radius 3 is 2.81 bits per heavy atom. The summed E-state index contributed by atoms with van der Waals surface area (Å²) in [5.74, 6) is 0.569. The van der Waals surface area contributed by atoms with Gasteiger partial charge in [-0.15, -0.1) is 11.3 Å². The molecule has 0 unspecified atom stereocenters. The van der Waals surface area contributed by atoms with Crippen LogP contribution in [0.5, 0.6) is 0 Å². The summed E-state index contributed by atoms with van der Waals surface area (Å²) >= 11 is 1.39. The Bertz CT molecular complexity index is 1010. The van der Waals surface area contributed by atoms with Crippen molar-refractivity contribution in [3.05, 3.63) is 46.9 Å². The third kappa shape index (κ3) is 3.94. The summed E-state index contributed by atoms with van der Waals surface area (Å²) in [4.78, 5) is 9.85. The topological polar surface area (TPSA) is 89.8 Å². The average Bonchev–Trinajstić information content (AvgIpc) is 3.22. The maximum atomic E-state index is 12.7. The Balaban J connectivity index is 1.85. The highest BCUT2D eigenvalue weighted by atomic mass is 32.2. The maximum absolute atomic E-state index is 12.7. The molecular weight excluding hydrogens is 370 g/mol. The summed E-state index contributed by atoms with van der Waals surface area (Å²) in [6.45, 7) is 6.07. The number of rotatable bonds is 7. The largest absolute Gasteiger partial charge is 0.266 e. The molecule has 0 radical (unpaired) electrons. The quantitative estimate of drug-likeness (QED) is 0.667. The molecule has 0 amide bonds. The Morgan fingerprint density at radius 1 is 1.31 bits per heavy atom. The van der Waals surface area contributed by atoms with E-state index in [1.54, 1.807) is 6.20 Å². The van der Waals surface area contributed by atoms with Crippen molar-refractivity contribution in [1.82, 2.24) is 19.7 Å². The molecule has 0 spiro atoms. The van der Waals surface area contributed by atoms with Crippen LogP contribution < -0.4 is 4.72 Å². The second kappa shape index (κ2) is 7.55. The molecule has 0 aliphatic carbocycles. The Morgan fingerprint density at radius 2 is 2.12 bits per heavy atom. The first-order valence-corrected chi connectivity index (χ1v) is 10.7. The SMILES string of the molecule is CCCc1nc(NS(=O)(=O)c2cnn(-c3cc(C)ccn3)c2)sc1CC. The molecule has 1 N–H and O–H groups in total. The smallest absolute Gasteiger partial charge is 0.255 e. The highest BCUT2D eigenvalue weighted by Crippen LogP contribution is 2.27. The van der Waals surface area contributed by atoms with Crippen molar-refractivity contribution in [2.24, 2.45) is 0 Å². The first kappa shape index (κ1) is 18.5. The normalized spacial score (nSPS) is 11.7. The van der Waals surface area contributed by atoms with Crippen molar-refractivity contribution < 1.29 is 8.42 Å². The van der Waals surface area contributed by atoms with Crippen molar-refractivity contribution >= 4 is 26.5 Å². The van der Waals surface area contributed by atoms with Gasteiger partial charge in [0.1, 0.15) is 4.90 Å². The van der Waals surface area contributed by atoms with Crippen molar-refractivity contribution in [3.63, 3.8) is 0 Å². The van der Waals surface area contributed by atoms with Gasteiger partial charge in [-0.25, -0.2) is 23.1 Å². The molecule has 3 heterocycles. The average molecular weight is 392 g/mol. The minimum Gasteiger partial charge on any atom is -0.255 e. The minimum atomic E-state index is -3.75. The lowest BCUT2D eigenvalue weighted by molar-refractivity contribution is 0.601. The van der Waals surface area contributed by atoms with Crippen LogP contribution in [0.4, 0.5) is 5.13 Å². The molecular formula is C17H21N5O2S2. The second-order valence-electron chi connectivity index (χ2n) is 5.91. The van der Waals surface area contributed by atoms with Crippen molar-refractivity contribution in [2.45, 2.75) is 44.9 Å². The number of aromatic nitrogens is 4. The monoisotopic (exact) mass is 391 g/mol. The van der Waals surface area contributed by atoms with Gasteiger partial charge in [0.05, 0.1) is 18.1 Å². The van der Waals surface area contributed by atoms with Gasteiger partial charge in [0.2, 0.25) is 0 Å². The van der Waals surface area contributed by atoms with Crippen LogP contribution in [0.2, 0.25) is 0 Å². The van der Waals surface area contributed by atoms with Gasteiger partial charge in [0.25, 0.3) is 10.0 Å². The van der Waals surface area contributed by atoms with Gasteiger partial charge in [-0.2, -0.15) is 5.10 Å². The molecule has 0 fully saturated rings. The maximum Gasteiger partial charge on any atom is 0.266 e. The molecule has 7 nitrogen and oxygen atoms in total. The van der Waals surface area contributed by atoms with E-state index < -0.39 is 10.0 Å². The number of aryl methyl sites for hydroxylation is 3. The number of sulfonamides is 1. The van der Waals surface area contributed by atoms with Crippen LogP contribution in [0.3, 0.4) is 0 Å². The first-order chi connectivity index (χ1) is 12.4. The van der Waals surface area contributed by atoms with Gasteiger partial charge in [0, 0.05) is 11.1 Å². The third-order valence-corrected chi connectivity index (χ3v) is 6.39. The fourth-order valence-electron chi connectivity index (χ4n) is 2.53. The van der Waals surface area contributed by atoms with Crippen LogP contribution in [0.25, 0.3) is 5.82 Å². The molecule has 0 aromatic carbocycles. The molecule has 3 aromatic heterocycles. The summed E-state index contributed by atoms with van der Waals surface area (Å²) in [6.07, 6.45) is 7.08. The van der Waals surface area contributed by atoms with E-state index in [0.717, 1.165) is 35.4 Å². The first-order valence-electron chi connectivity index (χ1n) is 8.42. The molecule has 0 saturated heterocycles. The van der Waals surface area contributed by atoms with Crippen LogP contribution >= 0.6 is 11.3 Å². The van der Waals surface area contributed by atoms with Crippen LogP contribution in [0.1, 0.15) is 36.4 Å². The second-order valence-corrected chi connectivity index (χ2v) is 8.68. The fraction of sp³-hybridized carbons (Fsp3) is 0.353. The lowest BCUT2D eigenvalue weighted by Crippen LogP contribution is -2.12. The van der Waals surface area contributed by atoms with Gasteiger partial charge < -0.3 is 0 Å². The lowest BCUT2D eigenvalue weighted by atomic mass is 10.2. The van der Waals surface area contributed by atoms with E-state index in [4.69, 9.17) is 0 Å². The number of nitrogens with one attached hydrogen (secondary N) is 1. The molecule has 0 aliphatic heterocycles. The zero-order chi connectivity index (χ0) is 18.7. The predicted octanol–water partition coefficient (Wildman–Crippen LogP) is 3.35. The van der Waals surface area contributed by atoms with Gasteiger partial charge in [-0.3, -0.25) is 4.72 Å². The fourth-order valence-corrected chi connectivity index (χ4v) is 4.64. The standard InChI is InChI=1S/C17H21N5O2S2/c1-4-6-14-15(5-2)25-17(20-14)21-26(23,24)13-10-19-22(11-13)16-9-12(3)7-8-18-16/h7-11H,4-6H2,1-3H3,(H,20,21). The summed E-state index contributed by atoms with van der Waals surface area (Å²) < 4.78 is 29.3. The molecule has 0 atom stereocenters. The molecule has 26 heavy (non-hydrogen) atoms. The summed E-state index contributed by atoms with van der Waals surface area (Å²) in [7, 11) is -3.75. The van der Waals surface area contributed by atoms with E-state index in [-0.39, 0.29) is 4.90 Å². The van der Waals surface area contributed by atoms with E-state index in [1.165, 1.54) is 28.4 Å². The van der Waals surface area contributed by atoms with Crippen molar-refractivity contribution in [2.75, 3.05) is 4.72 Å². The van der Waals surface area contributed by atoms with Crippen LogP contribution in [-0.2, 0) is 22.9 Å². The molecule has 3 rings (SSSR count). The van der Waals surface area contributed by atoms with Crippen LogP contribution in [0.15, 0.2) is 35.6 Å². The van der Waals surface area contributed by atoms with Gasteiger partial charge >= 0.3 is 0 Å². The molecule has 9 heteroatoms. The lowest BCUT2D eigenvalue weighted by Gasteiger charge is -2.02. The van der Waals surface area contributed by atoms with Crippen LogP contribution in [-0.4, -0.2) is 28.2 Å². The number of nitrogens with zero attached hydrogens (tertiary/aromatic N) is 4. The van der Waals surface area contributed by atoms with Crippen molar-refractivity contribution in [1.29, 1.82) is 0 Å². The van der Waals surface area contributed by atoms with Gasteiger partial charge in [-0.05, 0) is 37.5 Å². The Kier molecular flexibility index (Phi) is 5.38. The van der Waals surface area contributed by atoms with E-state index >= 15 is 0 Å². The van der Waals surface area contributed by atoms with E-state index in [1.807, 2.05) is 26.0 Å². The number of thiazole rings is 1. The highest BCUT2D eigenvalue weighted by molar-refractivity contribution is 7.93. The summed E-state index contributed by atoms with van der Waals surface area (Å²) in [6, 6.07) is 3.70. The predicted molar refractivity (Wildman–Crippen MR) is 102 cm³/mol. The third-order valence-electron chi connectivity index (χ3n) is 3.81. The van der Waals surface area contributed by atoms with Crippen LogP contribution in [0, 0.1) is 6.92 Å². The Labute approximate surface area is 157 Å². The zero-order valence-electron chi connectivity index (χ0n) is 14.9. The Hall–Kier alpha value is -2.26. The van der Waals surface area contributed by atoms with E-state index in [0.29, 0.717) is 10.9 Å². The van der Waals surface area contributed by atoms with E-state index in [9.17, 15) is 8.42 Å². The highest BCUT2D eigenvalue weighted by Gasteiger charge is 2.20. The summed E-state index contributed by atoms with van der Waals surface area (Å²) in [5.41, 5.74) is 1.99. The van der Waals surface area contributed by atoms with E-state index in [2.05, 4.69) is 26.7 Å². The molecule has 0 bridgehead atoms. The van der Waals surface area contributed by atoms with Crippen molar-refractivity contribution in [3.8, 4) is 5.82 Å². The molecule has 0 saturated carbocycles. The van der Waals surface area contributed by atoms with Gasteiger partial charge in [0.15, 0.2) is 10.9 Å². The molecule has 3 aromatic rings. The molecule has 138 valence electrons. The number of hydrogen-bond donors (Lipinski definition) is 1. The molecule has 0 aliphatic rings. The number of anilines is 1. The zero-order valence-corrected chi connectivity index (χ0v) is 16.6. The van der Waals surface area contributed by atoms with Gasteiger partial charge in [-0.1, -0.05) is 20.3 Å². The minimum absolute atomic E-state index is 0.0751. The summed E-state index contributed by atoms with van der Waals surface area (Å²) in [5, 5.41) is 4.52. The number of hydrogen-bond acceptors (Lipinski definition) is 6. The number of pyridine rings is 1.